The van der Waals surface area contributed by atoms with Crippen LogP contribution >= 0.6 is 0 Å². The monoisotopic (exact) mass is 487 g/mol. The average Bonchev–Trinajstić information content (AvgIpc) is 3.19. The molecular formula is C27H29N5O4. The van der Waals surface area contributed by atoms with E-state index in [-0.39, 0.29) is 11.8 Å². The number of imidazole rings is 1. The fourth-order valence-corrected chi connectivity index (χ4v) is 4.11. The van der Waals surface area contributed by atoms with E-state index in [1.807, 2.05) is 48.7 Å². The summed E-state index contributed by atoms with van der Waals surface area (Å²) in [6.07, 6.45) is 1.79. The van der Waals surface area contributed by atoms with Crippen LogP contribution in [0.25, 0.3) is 5.65 Å². The van der Waals surface area contributed by atoms with Gasteiger partial charge in [0.05, 0.1) is 25.5 Å². The quantitative estimate of drug-likeness (QED) is 0.380. The number of carbonyl (C=O) groups is 2. The van der Waals surface area contributed by atoms with Gasteiger partial charge in [0.15, 0.2) is 11.5 Å². The van der Waals surface area contributed by atoms with Gasteiger partial charge in [-0.25, -0.2) is 4.98 Å². The van der Waals surface area contributed by atoms with E-state index < -0.39 is 0 Å². The van der Waals surface area contributed by atoms with Crippen LogP contribution in [0.15, 0.2) is 60.8 Å². The maximum atomic E-state index is 13.0. The first-order chi connectivity index (χ1) is 17.3. The van der Waals surface area contributed by atoms with Crippen molar-refractivity contribution >= 4 is 34.7 Å². The molecule has 4 rings (SSSR count). The number of amides is 2. The van der Waals surface area contributed by atoms with Gasteiger partial charge >= 0.3 is 0 Å². The fraction of sp³-hybridized carbons (Fsp3) is 0.222. The number of aromatic nitrogens is 2. The van der Waals surface area contributed by atoms with Crippen molar-refractivity contribution in [1.29, 1.82) is 0 Å². The number of carbonyl (C=O) groups excluding carboxylic acids is 2. The third-order valence-electron chi connectivity index (χ3n) is 5.72. The summed E-state index contributed by atoms with van der Waals surface area (Å²) in [5, 5.41) is 5.69. The first-order valence-corrected chi connectivity index (χ1v) is 11.4. The largest absolute Gasteiger partial charge is 0.493 e. The number of aryl methyl sites for hydroxylation is 1. The van der Waals surface area contributed by atoms with Crippen LogP contribution in [0.3, 0.4) is 0 Å². The highest BCUT2D eigenvalue weighted by molar-refractivity contribution is 6.04. The second-order valence-corrected chi connectivity index (χ2v) is 8.42. The van der Waals surface area contributed by atoms with Crippen molar-refractivity contribution in [3.63, 3.8) is 0 Å². The molecule has 0 fully saturated rings. The van der Waals surface area contributed by atoms with Crippen LogP contribution in [0.5, 0.6) is 11.5 Å². The number of anilines is 3. The van der Waals surface area contributed by atoms with Crippen molar-refractivity contribution in [1.82, 2.24) is 9.38 Å². The number of methoxy groups -OCH3 is 2. The number of ether oxygens (including phenoxy) is 2. The Morgan fingerprint density at radius 3 is 2.31 bits per heavy atom. The number of nitrogens with zero attached hydrogens (tertiary/aromatic N) is 3. The van der Waals surface area contributed by atoms with Crippen molar-refractivity contribution in [2.45, 2.75) is 20.4 Å². The summed E-state index contributed by atoms with van der Waals surface area (Å²) < 4.78 is 12.5. The minimum absolute atomic E-state index is 0.104. The first-order valence-electron chi connectivity index (χ1n) is 11.4. The Morgan fingerprint density at radius 1 is 0.944 bits per heavy atom. The van der Waals surface area contributed by atoms with Crippen molar-refractivity contribution in [2.24, 2.45) is 0 Å². The molecule has 0 spiro atoms. The summed E-state index contributed by atoms with van der Waals surface area (Å²) >= 11 is 0. The molecule has 36 heavy (non-hydrogen) atoms. The van der Waals surface area contributed by atoms with E-state index in [4.69, 9.17) is 9.47 Å². The molecule has 2 N–H and O–H groups in total. The number of hydrogen-bond donors (Lipinski definition) is 2. The number of fused-ring (bicyclic) bond motifs is 1. The van der Waals surface area contributed by atoms with Gasteiger partial charge in [0.1, 0.15) is 11.5 Å². The number of hydrogen-bond acceptors (Lipinski definition) is 6. The lowest BCUT2D eigenvalue weighted by Gasteiger charge is -2.20. The Morgan fingerprint density at radius 2 is 1.64 bits per heavy atom. The Hall–Kier alpha value is -4.53. The van der Waals surface area contributed by atoms with Crippen LogP contribution in [0.2, 0.25) is 0 Å². The molecule has 2 aromatic heterocycles. The molecule has 9 nitrogen and oxygen atoms in total. The van der Waals surface area contributed by atoms with Gasteiger partial charge < -0.3 is 25.0 Å². The number of benzene rings is 2. The smallest absolute Gasteiger partial charge is 0.257 e. The van der Waals surface area contributed by atoms with E-state index in [1.165, 1.54) is 6.92 Å². The number of rotatable bonds is 8. The molecule has 2 heterocycles. The molecule has 2 aromatic carbocycles. The van der Waals surface area contributed by atoms with Gasteiger partial charge in [-0.1, -0.05) is 12.1 Å². The molecule has 0 radical (unpaired) electrons. The normalized spacial score (nSPS) is 10.7. The minimum Gasteiger partial charge on any atom is -0.493 e. The van der Waals surface area contributed by atoms with Crippen molar-refractivity contribution in [3.8, 4) is 11.5 Å². The maximum absolute atomic E-state index is 13.0. The van der Waals surface area contributed by atoms with Crippen molar-refractivity contribution in [3.05, 3.63) is 77.6 Å². The van der Waals surface area contributed by atoms with E-state index in [0.29, 0.717) is 29.3 Å². The molecule has 9 heteroatoms. The van der Waals surface area contributed by atoms with Gasteiger partial charge in [0, 0.05) is 44.2 Å². The minimum atomic E-state index is -0.252. The zero-order valence-electron chi connectivity index (χ0n) is 21.0. The second-order valence-electron chi connectivity index (χ2n) is 8.42. The zero-order valence-corrected chi connectivity index (χ0v) is 21.0. The summed E-state index contributed by atoms with van der Waals surface area (Å²) in [7, 11) is 5.09. The fourth-order valence-electron chi connectivity index (χ4n) is 4.11. The van der Waals surface area contributed by atoms with Crippen LogP contribution < -0.4 is 25.0 Å². The maximum Gasteiger partial charge on any atom is 0.257 e. The topological polar surface area (TPSA) is 97.2 Å². The van der Waals surface area contributed by atoms with E-state index >= 15 is 0 Å². The predicted octanol–water partition coefficient (Wildman–Crippen LogP) is 4.51. The molecule has 0 atom stereocenters. The van der Waals surface area contributed by atoms with Crippen LogP contribution in [-0.4, -0.2) is 42.5 Å². The summed E-state index contributed by atoms with van der Waals surface area (Å²) in [5.74, 6) is 1.65. The average molecular weight is 488 g/mol. The molecule has 0 unspecified atom stereocenters. The lowest BCUT2D eigenvalue weighted by Crippen LogP contribution is -2.19. The Balaban J connectivity index is 1.56. The van der Waals surface area contributed by atoms with E-state index in [9.17, 15) is 9.59 Å². The highest BCUT2D eigenvalue weighted by Gasteiger charge is 2.16. The van der Waals surface area contributed by atoms with Crippen LogP contribution in [0, 0.1) is 6.92 Å². The predicted molar refractivity (Wildman–Crippen MR) is 140 cm³/mol. The Bertz CT molecular complexity index is 1410. The van der Waals surface area contributed by atoms with E-state index in [2.05, 4.69) is 20.5 Å². The molecule has 0 saturated carbocycles. The van der Waals surface area contributed by atoms with Gasteiger partial charge in [-0.05, 0) is 48.9 Å². The summed E-state index contributed by atoms with van der Waals surface area (Å²) in [4.78, 5) is 31.0. The van der Waals surface area contributed by atoms with Gasteiger partial charge in [-0.15, -0.1) is 0 Å². The summed E-state index contributed by atoms with van der Waals surface area (Å²) in [5.41, 5.74) is 4.51. The van der Waals surface area contributed by atoms with Gasteiger partial charge in [-0.2, -0.15) is 0 Å². The van der Waals surface area contributed by atoms with E-state index in [1.54, 1.807) is 44.7 Å². The third-order valence-corrected chi connectivity index (χ3v) is 5.72. The van der Waals surface area contributed by atoms with Crippen LogP contribution in [0.1, 0.15) is 28.5 Å². The van der Waals surface area contributed by atoms with Crippen molar-refractivity contribution in [2.75, 3.05) is 36.8 Å². The number of nitrogens with one attached hydrogen (secondary N) is 2. The number of pyridine rings is 1. The van der Waals surface area contributed by atoms with Crippen LogP contribution in [0.4, 0.5) is 17.2 Å². The summed E-state index contributed by atoms with van der Waals surface area (Å²) in [6.45, 7) is 4.05. The van der Waals surface area contributed by atoms with E-state index in [0.717, 1.165) is 28.4 Å². The Kier molecular flexibility index (Phi) is 7.10. The van der Waals surface area contributed by atoms with Gasteiger partial charge in [0.2, 0.25) is 5.91 Å². The van der Waals surface area contributed by atoms with Crippen molar-refractivity contribution < 1.29 is 19.1 Å². The molecule has 0 aliphatic carbocycles. The molecule has 4 aromatic rings. The molecule has 0 aliphatic heterocycles. The standard InChI is InChI=1S/C27H29N5O4/c1-17-27(31(3)15-19-6-9-21(10-7-19)29-18(2)33)32-16-20(8-13-25(32)28-17)26(34)30-22-11-12-23(35-4)24(14-22)36-5/h6-14,16H,15H2,1-5H3,(H,29,33)(H,30,34). The van der Waals surface area contributed by atoms with Gasteiger partial charge in [-0.3, -0.25) is 14.0 Å². The molecule has 186 valence electrons. The lowest BCUT2D eigenvalue weighted by atomic mass is 10.2. The molecule has 0 aliphatic rings. The lowest BCUT2D eigenvalue weighted by molar-refractivity contribution is -0.114. The molecule has 0 bridgehead atoms. The molecule has 0 saturated heterocycles. The third kappa shape index (κ3) is 5.25. The summed E-state index contributed by atoms with van der Waals surface area (Å²) in [6, 6.07) is 16.5. The molecular weight excluding hydrogens is 458 g/mol. The van der Waals surface area contributed by atoms with Gasteiger partial charge in [0.25, 0.3) is 5.91 Å². The SMILES string of the molecule is COc1ccc(NC(=O)c2ccc3nc(C)c(N(C)Cc4ccc(NC(C)=O)cc4)n3c2)cc1OC. The van der Waals surface area contributed by atoms with Crippen LogP contribution in [-0.2, 0) is 11.3 Å². The highest BCUT2D eigenvalue weighted by atomic mass is 16.5. The first kappa shape index (κ1) is 24.6. The zero-order chi connectivity index (χ0) is 25.8. The second kappa shape index (κ2) is 10.4. The highest BCUT2D eigenvalue weighted by Crippen LogP contribution is 2.30. The Labute approximate surface area is 209 Å². The molecule has 2 amide bonds.